The molecule has 0 aliphatic carbocycles. The van der Waals surface area contributed by atoms with Crippen molar-refractivity contribution in [2.45, 2.75) is 50.3 Å². The second kappa shape index (κ2) is 9.60. The predicted octanol–water partition coefficient (Wildman–Crippen LogP) is 4.76. The normalized spacial score (nSPS) is 11.5. The molecule has 0 fully saturated rings. The fraction of sp³-hybridized carbons (Fsp3) is 0.400. The fourth-order valence-electron chi connectivity index (χ4n) is 2.55. The zero-order chi connectivity index (χ0) is 17.3. The van der Waals surface area contributed by atoms with Gasteiger partial charge in [-0.3, -0.25) is 4.18 Å². The Morgan fingerprint density at radius 2 is 1.38 bits per heavy atom. The first-order valence-corrected chi connectivity index (χ1v) is 10.0. The second-order valence-electron chi connectivity index (χ2n) is 5.97. The molecule has 0 bridgehead atoms. The molecule has 3 nitrogen and oxygen atoms in total. The molecular formula is C20H26O3S. The van der Waals surface area contributed by atoms with Crippen molar-refractivity contribution in [3.8, 4) is 0 Å². The van der Waals surface area contributed by atoms with E-state index >= 15 is 0 Å². The van der Waals surface area contributed by atoms with Crippen LogP contribution in [0.3, 0.4) is 0 Å². The van der Waals surface area contributed by atoms with Crippen LogP contribution in [0.25, 0.3) is 0 Å². The molecule has 2 rings (SSSR count). The third kappa shape index (κ3) is 6.10. The van der Waals surface area contributed by atoms with Crippen LogP contribution in [-0.2, 0) is 27.1 Å². The molecule has 0 amide bonds. The Morgan fingerprint density at radius 3 is 1.96 bits per heavy atom. The van der Waals surface area contributed by atoms with E-state index in [0.717, 1.165) is 12.8 Å². The monoisotopic (exact) mass is 346 g/mol. The minimum atomic E-state index is -3.63. The Balaban J connectivity index is 1.74. The molecule has 0 heterocycles. The molecule has 0 spiro atoms. The van der Waals surface area contributed by atoms with Gasteiger partial charge in [-0.1, -0.05) is 62.2 Å². The molecule has 24 heavy (non-hydrogen) atoms. The van der Waals surface area contributed by atoms with Gasteiger partial charge in [0.15, 0.2) is 0 Å². The number of aryl methyl sites for hydroxylation is 2. The first kappa shape index (κ1) is 18.7. The lowest BCUT2D eigenvalue weighted by molar-refractivity contribution is 0.312. The van der Waals surface area contributed by atoms with E-state index in [0.29, 0.717) is 6.42 Å². The van der Waals surface area contributed by atoms with Crippen molar-refractivity contribution in [2.24, 2.45) is 0 Å². The number of unbranched alkanes of at least 4 members (excludes halogenated alkanes) is 2. The van der Waals surface area contributed by atoms with Crippen LogP contribution >= 0.6 is 0 Å². The van der Waals surface area contributed by atoms with Gasteiger partial charge in [0.1, 0.15) is 0 Å². The minimum Gasteiger partial charge on any atom is -0.266 e. The smallest absolute Gasteiger partial charge is 0.266 e. The molecule has 0 aliphatic rings. The van der Waals surface area contributed by atoms with E-state index in [9.17, 15) is 8.42 Å². The highest BCUT2D eigenvalue weighted by Gasteiger charge is 2.13. The van der Waals surface area contributed by atoms with Crippen LogP contribution in [0.2, 0.25) is 0 Å². The number of rotatable bonds is 10. The first-order chi connectivity index (χ1) is 11.6. The van der Waals surface area contributed by atoms with E-state index in [1.54, 1.807) is 30.3 Å². The van der Waals surface area contributed by atoms with Crippen LogP contribution in [0.5, 0.6) is 0 Å². The average Bonchev–Trinajstić information content (AvgIpc) is 2.61. The highest BCUT2D eigenvalue weighted by molar-refractivity contribution is 7.86. The summed E-state index contributed by atoms with van der Waals surface area (Å²) in [5, 5.41) is 0. The zero-order valence-corrected chi connectivity index (χ0v) is 15.1. The van der Waals surface area contributed by atoms with Crippen molar-refractivity contribution in [1.82, 2.24) is 0 Å². The summed E-state index contributed by atoms with van der Waals surface area (Å²) < 4.78 is 29.1. The Kier molecular flexibility index (Phi) is 7.47. The van der Waals surface area contributed by atoms with E-state index in [2.05, 4.69) is 31.2 Å². The van der Waals surface area contributed by atoms with Crippen molar-refractivity contribution in [1.29, 1.82) is 0 Å². The summed E-state index contributed by atoms with van der Waals surface area (Å²) in [5.74, 6) is 0. The molecule has 2 aromatic rings. The maximum Gasteiger partial charge on any atom is 0.296 e. The van der Waals surface area contributed by atoms with Gasteiger partial charge in [-0.05, 0) is 48.9 Å². The van der Waals surface area contributed by atoms with Gasteiger partial charge in [0.2, 0.25) is 0 Å². The van der Waals surface area contributed by atoms with Crippen LogP contribution in [0.4, 0.5) is 0 Å². The van der Waals surface area contributed by atoms with E-state index in [1.165, 1.54) is 30.4 Å². The number of benzene rings is 2. The van der Waals surface area contributed by atoms with Crippen molar-refractivity contribution >= 4 is 10.1 Å². The molecular weight excluding hydrogens is 320 g/mol. The molecule has 4 heteroatoms. The Labute approximate surface area is 145 Å². The third-order valence-electron chi connectivity index (χ3n) is 3.97. The fourth-order valence-corrected chi connectivity index (χ4v) is 3.52. The lowest BCUT2D eigenvalue weighted by Crippen LogP contribution is -2.08. The molecule has 2 aromatic carbocycles. The quantitative estimate of drug-likeness (QED) is 0.460. The van der Waals surface area contributed by atoms with Gasteiger partial charge in [0, 0.05) is 0 Å². The van der Waals surface area contributed by atoms with Crippen LogP contribution in [-0.4, -0.2) is 15.0 Å². The van der Waals surface area contributed by atoms with Gasteiger partial charge >= 0.3 is 0 Å². The lowest BCUT2D eigenvalue weighted by atomic mass is 10.0. The van der Waals surface area contributed by atoms with Crippen LogP contribution in [0.15, 0.2) is 59.5 Å². The van der Waals surface area contributed by atoms with Crippen molar-refractivity contribution in [3.05, 3.63) is 65.7 Å². The van der Waals surface area contributed by atoms with Gasteiger partial charge in [-0.15, -0.1) is 0 Å². The third-order valence-corrected chi connectivity index (χ3v) is 5.30. The van der Waals surface area contributed by atoms with Crippen LogP contribution in [0, 0.1) is 0 Å². The second-order valence-corrected chi connectivity index (χ2v) is 7.58. The SMILES string of the molecule is CCCCCc1ccc(CCCOS(=O)(=O)c2ccccc2)cc1. The van der Waals surface area contributed by atoms with Gasteiger partial charge < -0.3 is 0 Å². The van der Waals surface area contributed by atoms with E-state index in [4.69, 9.17) is 4.18 Å². The van der Waals surface area contributed by atoms with E-state index < -0.39 is 10.1 Å². The first-order valence-electron chi connectivity index (χ1n) is 8.64. The summed E-state index contributed by atoms with van der Waals surface area (Å²) in [5.41, 5.74) is 2.59. The molecule has 0 radical (unpaired) electrons. The summed E-state index contributed by atoms with van der Waals surface area (Å²) in [7, 11) is -3.63. The summed E-state index contributed by atoms with van der Waals surface area (Å²) in [4.78, 5) is 0.210. The van der Waals surface area contributed by atoms with Gasteiger partial charge in [-0.25, -0.2) is 0 Å². The lowest BCUT2D eigenvalue weighted by Gasteiger charge is -2.06. The molecule has 130 valence electrons. The zero-order valence-electron chi connectivity index (χ0n) is 14.3. The van der Waals surface area contributed by atoms with Crippen molar-refractivity contribution in [3.63, 3.8) is 0 Å². The standard InChI is InChI=1S/C20H26O3S/c1-2-3-5-9-18-13-15-19(16-14-18)10-8-17-23-24(21,22)20-11-6-4-7-12-20/h4,6-7,11-16H,2-3,5,8-10,17H2,1H3. The van der Waals surface area contributed by atoms with E-state index in [1.807, 2.05) is 0 Å². The molecule has 0 saturated heterocycles. The Morgan fingerprint density at radius 1 is 0.792 bits per heavy atom. The van der Waals surface area contributed by atoms with Crippen LogP contribution in [0.1, 0.15) is 43.7 Å². The summed E-state index contributed by atoms with van der Waals surface area (Å²) >= 11 is 0. The number of hydrogen-bond acceptors (Lipinski definition) is 3. The molecule has 0 aliphatic heterocycles. The molecule has 0 aromatic heterocycles. The summed E-state index contributed by atoms with van der Waals surface area (Å²) in [6.45, 7) is 2.42. The highest BCUT2D eigenvalue weighted by atomic mass is 32.2. The van der Waals surface area contributed by atoms with E-state index in [-0.39, 0.29) is 11.5 Å². The largest absolute Gasteiger partial charge is 0.296 e. The average molecular weight is 346 g/mol. The van der Waals surface area contributed by atoms with Gasteiger partial charge in [0.05, 0.1) is 11.5 Å². The van der Waals surface area contributed by atoms with Gasteiger partial charge in [-0.2, -0.15) is 8.42 Å². The van der Waals surface area contributed by atoms with Crippen molar-refractivity contribution < 1.29 is 12.6 Å². The maximum atomic E-state index is 12.0. The summed E-state index contributed by atoms with van der Waals surface area (Å²) in [6.07, 6.45) is 6.38. The number of hydrogen-bond donors (Lipinski definition) is 0. The minimum absolute atomic E-state index is 0.204. The van der Waals surface area contributed by atoms with Gasteiger partial charge in [0.25, 0.3) is 10.1 Å². The summed E-state index contributed by atoms with van der Waals surface area (Å²) in [6, 6.07) is 16.9. The molecule has 0 saturated carbocycles. The Hall–Kier alpha value is -1.65. The topological polar surface area (TPSA) is 43.4 Å². The van der Waals surface area contributed by atoms with Crippen LogP contribution < -0.4 is 0 Å². The van der Waals surface area contributed by atoms with Crippen molar-refractivity contribution in [2.75, 3.05) is 6.61 Å². The predicted molar refractivity (Wildman–Crippen MR) is 97.6 cm³/mol. The Bertz CT molecular complexity index is 691. The molecule has 0 unspecified atom stereocenters. The molecule has 0 N–H and O–H groups in total. The highest BCUT2D eigenvalue weighted by Crippen LogP contribution is 2.13. The maximum absolute atomic E-state index is 12.0. The molecule has 0 atom stereocenters.